The molecule has 2 aliphatic carbocycles. The highest BCUT2D eigenvalue weighted by Gasteiger charge is 2.50. The standard InChI is InChI=1S/C30H35NO11/c1-12(2)40-11-19(32)30(38)9-15-22(18(10-30)42-20-8-16(31)25(33)13(3)41-20)29(37)24-23(27(15)35)26(34)14-6-5-7-17(39-4)21(14)28(24)36/h5-7,12-13,16,18,20,25,33,35,37-38H,8-11,31H2,1-4H3. The molecule has 0 saturated carbocycles. The third kappa shape index (κ3) is 4.87. The number of nitrogens with two attached hydrogens (primary N) is 1. The van der Waals surface area contributed by atoms with Crippen molar-refractivity contribution in [2.75, 3.05) is 13.7 Å². The highest BCUT2D eigenvalue weighted by atomic mass is 16.7. The Labute approximate surface area is 241 Å². The molecule has 6 unspecified atom stereocenters. The Kier molecular flexibility index (Phi) is 7.90. The zero-order valence-corrected chi connectivity index (χ0v) is 23.7. The average molecular weight is 586 g/mol. The van der Waals surface area contributed by atoms with Gasteiger partial charge in [0.1, 0.15) is 29.5 Å². The number of carbonyl (C=O) groups is 3. The maximum Gasteiger partial charge on any atom is 0.202 e. The van der Waals surface area contributed by atoms with E-state index in [0.29, 0.717) is 0 Å². The summed E-state index contributed by atoms with van der Waals surface area (Å²) >= 11 is 0. The second-order valence-electron chi connectivity index (χ2n) is 11.4. The van der Waals surface area contributed by atoms with Crippen LogP contribution in [0.5, 0.6) is 17.2 Å². The quantitative estimate of drug-likeness (QED) is 0.251. The summed E-state index contributed by atoms with van der Waals surface area (Å²) in [4.78, 5) is 40.7. The first-order valence-electron chi connectivity index (χ1n) is 13.8. The van der Waals surface area contributed by atoms with Crippen LogP contribution in [0, 0.1) is 0 Å². The minimum Gasteiger partial charge on any atom is -0.507 e. The number of Topliss-reactive ketones (excluding diaryl/α,β-unsaturated/α-hetero) is 1. The van der Waals surface area contributed by atoms with Gasteiger partial charge in [-0.25, -0.2) is 0 Å². The Morgan fingerprint density at radius 1 is 1.14 bits per heavy atom. The highest BCUT2D eigenvalue weighted by Crippen LogP contribution is 2.52. The molecule has 6 atom stereocenters. The molecule has 2 aromatic carbocycles. The molecular weight excluding hydrogens is 550 g/mol. The maximum atomic E-state index is 13.8. The number of aliphatic hydroxyl groups is 2. The Bertz CT molecular complexity index is 1440. The van der Waals surface area contributed by atoms with Crippen LogP contribution in [0.15, 0.2) is 18.2 Å². The molecule has 2 aromatic rings. The van der Waals surface area contributed by atoms with Gasteiger partial charge >= 0.3 is 0 Å². The number of rotatable bonds is 7. The first kappa shape index (κ1) is 30.1. The summed E-state index contributed by atoms with van der Waals surface area (Å²) in [5.41, 5.74) is 2.77. The monoisotopic (exact) mass is 585 g/mol. The molecule has 0 amide bonds. The number of hydrogen-bond donors (Lipinski definition) is 5. The van der Waals surface area contributed by atoms with Crippen LogP contribution in [0.25, 0.3) is 0 Å². The van der Waals surface area contributed by atoms with E-state index < -0.39 is 89.2 Å². The van der Waals surface area contributed by atoms with E-state index in [1.54, 1.807) is 20.8 Å². The number of aliphatic hydroxyl groups excluding tert-OH is 1. The maximum absolute atomic E-state index is 13.8. The molecular formula is C30H35NO11. The molecule has 42 heavy (non-hydrogen) atoms. The van der Waals surface area contributed by atoms with E-state index in [2.05, 4.69) is 0 Å². The molecule has 226 valence electrons. The fourth-order valence-corrected chi connectivity index (χ4v) is 5.98. The van der Waals surface area contributed by atoms with Crippen LogP contribution in [0.1, 0.15) is 82.7 Å². The fourth-order valence-electron chi connectivity index (χ4n) is 5.98. The van der Waals surface area contributed by atoms with Crippen molar-refractivity contribution in [3.05, 3.63) is 51.6 Å². The van der Waals surface area contributed by atoms with Gasteiger partial charge in [0.15, 0.2) is 17.9 Å². The molecule has 6 N–H and O–H groups in total. The SMILES string of the molecule is COc1cccc2c1C(=O)c1c(O)c3c(c(O)c1C2=O)CC(O)(C(=O)COC(C)C)CC3OC1CC(N)C(O)C(C)O1. The zero-order chi connectivity index (χ0) is 30.7. The Morgan fingerprint density at radius 2 is 1.83 bits per heavy atom. The lowest BCUT2D eigenvalue weighted by Crippen LogP contribution is -2.53. The van der Waals surface area contributed by atoms with E-state index in [9.17, 15) is 34.8 Å². The van der Waals surface area contributed by atoms with Crippen LogP contribution in [0.4, 0.5) is 0 Å². The van der Waals surface area contributed by atoms with Crippen LogP contribution in [-0.4, -0.2) is 87.7 Å². The number of hydrogen-bond acceptors (Lipinski definition) is 12. The zero-order valence-electron chi connectivity index (χ0n) is 23.7. The van der Waals surface area contributed by atoms with Gasteiger partial charge in [0.25, 0.3) is 0 Å². The summed E-state index contributed by atoms with van der Waals surface area (Å²) < 4.78 is 22.7. The van der Waals surface area contributed by atoms with Crippen molar-refractivity contribution in [3.8, 4) is 17.2 Å². The molecule has 5 rings (SSSR count). The van der Waals surface area contributed by atoms with E-state index in [4.69, 9.17) is 24.7 Å². The smallest absolute Gasteiger partial charge is 0.202 e. The average Bonchev–Trinajstić information content (AvgIpc) is 2.94. The number of aromatic hydroxyl groups is 2. The van der Waals surface area contributed by atoms with Crippen molar-refractivity contribution in [1.82, 2.24) is 0 Å². The summed E-state index contributed by atoms with van der Waals surface area (Å²) in [5.74, 6) is -3.35. The van der Waals surface area contributed by atoms with Crippen LogP contribution in [0.2, 0.25) is 0 Å². The van der Waals surface area contributed by atoms with Gasteiger partial charge in [0.2, 0.25) is 5.78 Å². The Hall–Kier alpha value is -3.39. The molecule has 12 nitrogen and oxygen atoms in total. The van der Waals surface area contributed by atoms with E-state index in [0.717, 1.165) is 0 Å². The largest absolute Gasteiger partial charge is 0.507 e. The predicted molar refractivity (Wildman–Crippen MR) is 146 cm³/mol. The van der Waals surface area contributed by atoms with Gasteiger partial charge in [-0.05, 0) is 26.8 Å². The number of methoxy groups -OCH3 is 1. The molecule has 1 saturated heterocycles. The van der Waals surface area contributed by atoms with Crippen LogP contribution < -0.4 is 10.5 Å². The van der Waals surface area contributed by atoms with E-state index >= 15 is 0 Å². The number of benzene rings is 2. The molecule has 12 heteroatoms. The number of ketones is 3. The Morgan fingerprint density at radius 3 is 2.48 bits per heavy atom. The molecule has 0 aromatic heterocycles. The normalized spacial score (nSPS) is 28.7. The Balaban J connectivity index is 1.66. The van der Waals surface area contributed by atoms with Crippen LogP contribution in [0.3, 0.4) is 0 Å². The summed E-state index contributed by atoms with van der Waals surface area (Å²) in [7, 11) is 1.34. The van der Waals surface area contributed by atoms with Gasteiger partial charge in [-0.2, -0.15) is 0 Å². The topological polar surface area (TPSA) is 195 Å². The number of phenolic OH excluding ortho intramolecular Hbond substituents is 2. The number of ether oxygens (including phenoxy) is 4. The van der Waals surface area contributed by atoms with Crippen molar-refractivity contribution in [2.45, 2.75) is 82.4 Å². The molecule has 1 heterocycles. The van der Waals surface area contributed by atoms with E-state index in [1.807, 2.05) is 0 Å². The van der Waals surface area contributed by atoms with Crippen molar-refractivity contribution in [3.63, 3.8) is 0 Å². The van der Waals surface area contributed by atoms with E-state index in [-0.39, 0.29) is 46.9 Å². The lowest BCUT2D eigenvalue weighted by atomic mass is 9.72. The fraction of sp³-hybridized carbons (Fsp3) is 0.500. The summed E-state index contributed by atoms with van der Waals surface area (Å²) in [6, 6.07) is 3.72. The number of carbonyl (C=O) groups excluding carboxylic acids is 3. The first-order chi connectivity index (χ1) is 19.8. The minimum atomic E-state index is -2.13. The lowest BCUT2D eigenvalue weighted by molar-refractivity contribution is -0.247. The van der Waals surface area contributed by atoms with Gasteiger partial charge in [-0.3, -0.25) is 14.4 Å². The second kappa shape index (κ2) is 11.0. The molecule has 1 fully saturated rings. The van der Waals surface area contributed by atoms with Gasteiger partial charge in [0.05, 0.1) is 48.2 Å². The van der Waals surface area contributed by atoms with Gasteiger partial charge in [-0.1, -0.05) is 12.1 Å². The molecule has 3 aliphatic rings. The molecule has 0 spiro atoms. The van der Waals surface area contributed by atoms with E-state index in [1.165, 1.54) is 25.3 Å². The van der Waals surface area contributed by atoms with Crippen LogP contribution in [-0.2, 0) is 25.4 Å². The third-order valence-corrected chi connectivity index (χ3v) is 8.21. The minimum absolute atomic E-state index is 0.0288. The van der Waals surface area contributed by atoms with Gasteiger partial charge < -0.3 is 45.1 Å². The molecule has 0 bridgehead atoms. The highest BCUT2D eigenvalue weighted by molar-refractivity contribution is 6.31. The van der Waals surface area contributed by atoms with Crippen molar-refractivity contribution < 1.29 is 53.8 Å². The van der Waals surface area contributed by atoms with Gasteiger partial charge in [-0.15, -0.1) is 0 Å². The number of phenols is 2. The predicted octanol–water partition coefficient (Wildman–Crippen LogP) is 1.43. The number of fused-ring (bicyclic) bond motifs is 3. The van der Waals surface area contributed by atoms with Crippen molar-refractivity contribution >= 4 is 17.3 Å². The summed E-state index contributed by atoms with van der Waals surface area (Å²) in [5, 5.41) is 45.0. The van der Waals surface area contributed by atoms with Crippen molar-refractivity contribution in [1.29, 1.82) is 0 Å². The molecule has 0 radical (unpaired) electrons. The lowest BCUT2D eigenvalue weighted by Gasteiger charge is -2.42. The second-order valence-corrected chi connectivity index (χ2v) is 11.4. The van der Waals surface area contributed by atoms with Crippen molar-refractivity contribution in [2.24, 2.45) is 5.73 Å². The third-order valence-electron chi connectivity index (χ3n) is 8.21. The molecule has 1 aliphatic heterocycles. The summed E-state index contributed by atoms with van der Waals surface area (Å²) in [6.07, 6.45) is -5.14. The van der Waals surface area contributed by atoms with Crippen LogP contribution >= 0.6 is 0 Å². The summed E-state index contributed by atoms with van der Waals surface area (Å²) in [6.45, 7) is 4.62. The van der Waals surface area contributed by atoms with Gasteiger partial charge in [0, 0.05) is 42.0 Å². The first-order valence-corrected chi connectivity index (χ1v) is 13.8.